The summed E-state index contributed by atoms with van der Waals surface area (Å²) in [5.41, 5.74) is 2.63. The molecule has 2 heterocycles. The van der Waals surface area contributed by atoms with E-state index in [9.17, 15) is 15.0 Å². The number of aliphatic hydroxyl groups excluding tert-OH is 2. The maximum absolute atomic E-state index is 12.8. The van der Waals surface area contributed by atoms with Crippen LogP contribution in [-0.4, -0.2) is 70.5 Å². The third-order valence-corrected chi connectivity index (χ3v) is 4.66. The van der Waals surface area contributed by atoms with Crippen LogP contribution in [-0.2, 0) is 17.6 Å². The van der Waals surface area contributed by atoms with Crippen molar-refractivity contribution in [3.63, 3.8) is 0 Å². The number of ether oxygens (including phenoxy) is 1. The number of carbonyl (C=O) groups excluding carboxylic acids is 1. The third kappa shape index (κ3) is 4.26. The Labute approximate surface area is 146 Å². The molecule has 1 aliphatic carbocycles. The zero-order valence-electron chi connectivity index (χ0n) is 14.2. The van der Waals surface area contributed by atoms with E-state index in [0.29, 0.717) is 31.0 Å². The van der Waals surface area contributed by atoms with Gasteiger partial charge in [0.05, 0.1) is 19.8 Å². The number of hydrogen-bond donors (Lipinski definition) is 3. The summed E-state index contributed by atoms with van der Waals surface area (Å²) in [4.78, 5) is 27.3. The molecule has 3 rings (SSSR count). The van der Waals surface area contributed by atoms with Gasteiger partial charge >= 0.3 is 0 Å². The van der Waals surface area contributed by atoms with E-state index >= 15 is 0 Å². The number of carbonyl (C=O) groups is 2. The van der Waals surface area contributed by atoms with Crippen molar-refractivity contribution >= 4 is 12.4 Å². The molecule has 8 nitrogen and oxygen atoms in total. The van der Waals surface area contributed by atoms with Gasteiger partial charge in [0.25, 0.3) is 12.4 Å². The second-order valence-electron chi connectivity index (χ2n) is 6.16. The van der Waals surface area contributed by atoms with E-state index in [1.54, 1.807) is 4.90 Å². The second-order valence-corrected chi connectivity index (χ2v) is 6.16. The van der Waals surface area contributed by atoms with Gasteiger partial charge in [0.15, 0.2) is 0 Å². The lowest BCUT2D eigenvalue weighted by molar-refractivity contribution is -0.122. The number of fused-ring (bicyclic) bond motifs is 1. The Morgan fingerprint density at radius 3 is 2.84 bits per heavy atom. The number of aromatic nitrogens is 1. The monoisotopic (exact) mass is 352 g/mol. The quantitative estimate of drug-likeness (QED) is 0.660. The van der Waals surface area contributed by atoms with E-state index in [1.807, 2.05) is 6.07 Å². The third-order valence-electron chi connectivity index (χ3n) is 4.66. The summed E-state index contributed by atoms with van der Waals surface area (Å²) in [6.07, 6.45) is 2.88. The highest BCUT2D eigenvalue weighted by atomic mass is 16.5. The van der Waals surface area contributed by atoms with Gasteiger partial charge in [0.1, 0.15) is 5.56 Å². The number of pyridine rings is 1. The Balaban J connectivity index is 0.000000701. The molecule has 1 saturated heterocycles. The minimum atomic E-state index is -0.547. The summed E-state index contributed by atoms with van der Waals surface area (Å²) in [6, 6.07) is 1.90. The van der Waals surface area contributed by atoms with E-state index in [1.165, 1.54) is 7.11 Å². The van der Waals surface area contributed by atoms with Crippen LogP contribution in [0, 0.1) is 5.92 Å². The van der Waals surface area contributed by atoms with Gasteiger partial charge in [-0.25, -0.2) is 4.98 Å². The molecule has 1 aromatic heterocycles. The van der Waals surface area contributed by atoms with Gasteiger partial charge < -0.3 is 25.0 Å². The van der Waals surface area contributed by atoms with E-state index in [-0.39, 0.29) is 24.9 Å². The number of rotatable bonds is 3. The Hall–Kier alpha value is -2.19. The predicted molar refractivity (Wildman–Crippen MR) is 88.6 cm³/mol. The number of carboxylic acid groups (broad SMARTS) is 1. The summed E-state index contributed by atoms with van der Waals surface area (Å²) >= 11 is 0. The van der Waals surface area contributed by atoms with E-state index < -0.39 is 6.10 Å². The first-order valence-electron chi connectivity index (χ1n) is 8.28. The fraction of sp³-hybridized carbons (Fsp3) is 0.588. The SMILES string of the molecule is COc1nc2c(cc1C(=O)N1CC[C@H](O)[C@H](CO)C1)CCC2.O=CO. The van der Waals surface area contributed by atoms with Crippen LogP contribution >= 0.6 is 0 Å². The Bertz CT molecular complexity index is 621. The number of hydrogen-bond acceptors (Lipinski definition) is 6. The molecule has 1 amide bonds. The molecular formula is C17H24N2O6. The predicted octanol–water partition coefficient (Wildman–Crippen LogP) is 0.0950. The van der Waals surface area contributed by atoms with Crippen LogP contribution in [0.3, 0.4) is 0 Å². The van der Waals surface area contributed by atoms with Crippen LogP contribution in [0.25, 0.3) is 0 Å². The first-order chi connectivity index (χ1) is 12.0. The van der Waals surface area contributed by atoms with Crippen LogP contribution in [0.15, 0.2) is 6.07 Å². The number of nitrogens with zero attached hydrogens (tertiary/aromatic N) is 2. The molecule has 1 aromatic rings. The Kier molecular flexibility index (Phi) is 6.72. The molecule has 0 unspecified atom stereocenters. The maximum atomic E-state index is 12.8. The molecule has 1 aliphatic heterocycles. The molecule has 0 saturated carbocycles. The molecule has 2 atom stereocenters. The highest BCUT2D eigenvalue weighted by molar-refractivity contribution is 5.96. The summed E-state index contributed by atoms with van der Waals surface area (Å²) in [5, 5.41) is 26.0. The number of piperidine rings is 1. The van der Waals surface area contributed by atoms with Crippen molar-refractivity contribution in [3.8, 4) is 5.88 Å². The van der Waals surface area contributed by atoms with Gasteiger partial charge in [-0.15, -0.1) is 0 Å². The van der Waals surface area contributed by atoms with Crippen LogP contribution in [0.4, 0.5) is 0 Å². The number of methoxy groups -OCH3 is 1. The minimum Gasteiger partial charge on any atom is -0.483 e. The second kappa shape index (κ2) is 8.77. The molecule has 0 spiro atoms. The molecule has 3 N–H and O–H groups in total. The van der Waals surface area contributed by atoms with Crippen molar-refractivity contribution in [2.45, 2.75) is 31.8 Å². The molecule has 25 heavy (non-hydrogen) atoms. The zero-order valence-corrected chi connectivity index (χ0v) is 14.2. The average Bonchev–Trinajstić information content (AvgIpc) is 3.08. The minimum absolute atomic E-state index is 0.121. The van der Waals surface area contributed by atoms with Crippen molar-refractivity contribution in [1.82, 2.24) is 9.88 Å². The van der Waals surface area contributed by atoms with E-state index in [0.717, 1.165) is 30.5 Å². The highest BCUT2D eigenvalue weighted by Gasteiger charge is 2.32. The van der Waals surface area contributed by atoms with Gasteiger partial charge in [0.2, 0.25) is 5.88 Å². The molecule has 0 bridgehead atoms. The van der Waals surface area contributed by atoms with Crippen molar-refractivity contribution in [3.05, 3.63) is 22.9 Å². The standard InChI is InChI=1S/C16H22N2O4.CH2O2/c1-22-15-12(7-10-3-2-4-13(10)17-15)16(21)18-6-5-14(20)11(8-18)9-19;2-1-3/h7,11,14,19-20H,2-6,8-9H2,1H3;1H,(H,2,3)/t11-,14-;/m0./s1. The van der Waals surface area contributed by atoms with Gasteiger partial charge in [-0.05, 0) is 37.3 Å². The van der Waals surface area contributed by atoms with E-state index in [4.69, 9.17) is 14.6 Å². The first kappa shape index (κ1) is 19.1. The highest BCUT2D eigenvalue weighted by Crippen LogP contribution is 2.28. The Morgan fingerprint density at radius 2 is 2.20 bits per heavy atom. The molecular weight excluding hydrogens is 328 g/mol. The molecule has 138 valence electrons. The van der Waals surface area contributed by atoms with Gasteiger partial charge in [-0.2, -0.15) is 0 Å². The largest absolute Gasteiger partial charge is 0.483 e. The lowest BCUT2D eigenvalue weighted by Crippen LogP contribution is -2.47. The summed E-state index contributed by atoms with van der Waals surface area (Å²) in [6.45, 7) is 0.470. The van der Waals surface area contributed by atoms with Crippen molar-refractivity contribution < 1.29 is 29.6 Å². The summed E-state index contributed by atoms with van der Waals surface area (Å²) in [5.74, 6) is -0.0483. The lowest BCUT2D eigenvalue weighted by atomic mass is 9.95. The molecule has 0 radical (unpaired) electrons. The number of aliphatic hydroxyl groups is 2. The van der Waals surface area contributed by atoms with Crippen LogP contribution in [0.2, 0.25) is 0 Å². The van der Waals surface area contributed by atoms with Crippen molar-refractivity contribution in [1.29, 1.82) is 0 Å². The lowest BCUT2D eigenvalue weighted by Gasteiger charge is -2.35. The summed E-state index contributed by atoms with van der Waals surface area (Å²) < 4.78 is 5.30. The smallest absolute Gasteiger partial charge is 0.290 e. The van der Waals surface area contributed by atoms with Crippen molar-refractivity contribution in [2.24, 2.45) is 5.92 Å². The number of amides is 1. The Morgan fingerprint density at radius 1 is 1.48 bits per heavy atom. The van der Waals surface area contributed by atoms with Crippen LogP contribution < -0.4 is 4.74 Å². The van der Waals surface area contributed by atoms with E-state index in [2.05, 4.69) is 4.98 Å². The van der Waals surface area contributed by atoms with Crippen LogP contribution in [0.5, 0.6) is 5.88 Å². The topological polar surface area (TPSA) is 120 Å². The fourth-order valence-electron chi connectivity index (χ4n) is 3.32. The van der Waals surface area contributed by atoms with Crippen molar-refractivity contribution in [2.75, 3.05) is 26.8 Å². The zero-order chi connectivity index (χ0) is 18.4. The average molecular weight is 352 g/mol. The van der Waals surface area contributed by atoms with Gasteiger partial charge in [0, 0.05) is 24.7 Å². The normalized spacial score (nSPS) is 21.8. The molecule has 1 fully saturated rings. The first-order valence-corrected chi connectivity index (χ1v) is 8.28. The molecule has 2 aliphatic rings. The maximum Gasteiger partial charge on any atom is 0.290 e. The van der Waals surface area contributed by atoms with Gasteiger partial charge in [-0.1, -0.05) is 0 Å². The van der Waals surface area contributed by atoms with Gasteiger partial charge in [-0.3, -0.25) is 9.59 Å². The number of aryl methyl sites for hydroxylation is 2. The summed E-state index contributed by atoms with van der Waals surface area (Å²) in [7, 11) is 1.52. The molecule has 0 aromatic carbocycles. The number of likely N-dealkylation sites (tertiary alicyclic amines) is 1. The fourth-order valence-corrected chi connectivity index (χ4v) is 3.32. The van der Waals surface area contributed by atoms with Crippen LogP contribution in [0.1, 0.15) is 34.5 Å². The molecule has 8 heteroatoms.